The van der Waals surface area contributed by atoms with Crippen LogP contribution in [0.2, 0.25) is 0 Å². The van der Waals surface area contributed by atoms with Crippen LogP contribution in [-0.4, -0.2) is 33.0 Å². The van der Waals surface area contributed by atoms with E-state index in [1.54, 1.807) is 6.20 Å². The summed E-state index contributed by atoms with van der Waals surface area (Å²) < 4.78 is 0. The predicted octanol–water partition coefficient (Wildman–Crippen LogP) is 0.712. The van der Waals surface area contributed by atoms with Crippen molar-refractivity contribution in [1.82, 2.24) is 15.3 Å². The van der Waals surface area contributed by atoms with Gasteiger partial charge in [0.15, 0.2) is 0 Å². The van der Waals surface area contributed by atoms with E-state index in [1.807, 2.05) is 0 Å². The Hall–Kier alpha value is -1.85. The first-order valence-corrected chi connectivity index (χ1v) is 6.14. The molecule has 0 aliphatic heterocycles. The highest BCUT2D eigenvalue weighted by atomic mass is 16.4. The van der Waals surface area contributed by atoms with Gasteiger partial charge in [-0.2, -0.15) is 0 Å². The van der Waals surface area contributed by atoms with Crippen LogP contribution in [-0.2, 0) is 16.0 Å². The predicted molar refractivity (Wildman–Crippen MR) is 63.8 cm³/mol. The molecule has 0 spiro atoms. The summed E-state index contributed by atoms with van der Waals surface area (Å²) in [5.74, 6) is -0.759. The highest BCUT2D eigenvalue weighted by Crippen LogP contribution is 2.29. The normalized spacial score (nSPS) is 16.9. The highest BCUT2D eigenvalue weighted by molar-refractivity contribution is 5.83. The molecule has 6 heteroatoms. The Morgan fingerprint density at radius 2 is 2.33 bits per heavy atom. The van der Waals surface area contributed by atoms with Gasteiger partial charge >= 0.3 is 5.97 Å². The minimum atomic E-state index is -1.02. The summed E-state index contributed by atoms with van der Waals surface area (Å²) in [7, 11) is 0. The van der Waals surface area contributed by atoms with Crippen LogP contribution < -0.4 is 5.32 Å². The van der Waals surface area contributed by atoms with E-state index in [-0.39, 0.29) is 12.3 Å². The van der Waals surface area contributed by atoms with E-state index in [0.717, 1.165) is 12.8 Å². The van der Waals surface area contributed by atoms with Gasteiger partial charge in [0, 0.05) is 24.7 Å². The Balaban J connectivity index is 1.85. The average molecular weight is 251 g/mol. The van der Waals surface area contributed by atoms with E-state index < -0.39 is 12.0 Å². The molecule has 1 heterocycles. The largest absolute Gasteiger partial charge is 0.480 e. The molecule has 1 aromatic heterocycles. The molecule has 18 heavy (non-hydrogen) atoms. The number of carboxylic acid groups (broad SMARTS) is 1. The lowest BCUT2D eigenvalue weighted by Gasteiger charge is -2.25. The lowest BCUT2D eigenvalue weighted by atomic mass is 9.83. The fourth-order valence-electron chi connectivity index (χ4n) is 2.03. The monoisotopic (exact) mass is 251 g/mol. The lowest BCUT2D eigenvalue weighted by Crippen LogP contribution is -2.43. The Labute approximate surface area is 105 Å². The zero-order valence-electron chi connectivity index (χ0n) is 10.1. The molecule has 1 aromatic rings. The number of aromatic nitrogens is 2. The SMILES string of the molecule is O=C(CC1CCC1)NC(Cc1cnc[nH]1)C(=O)O. The molecule has 98 valence electrons. The fourth-order valence-corrected chi connectivity index (χ4v) is 2.03. The minimum Gasteiger partial charge on any atom is -0.480 e. The van der Waals surface area contributed by atoms with Gasteiger partial charge in [-0.25, -0.2) is 9.78 Å². The minimum absolute atomic E-state index is 0.174. The van der Waals surface area contributed by atoms with Crippen molar-refractivity contribution in [3.8, 4) is 0 Å². The molecule has 0 radical (unpaired) electrons. The summed E-state index contributed by atoms with van der Waals surface area (Å²) in [5.41, 5.74) is 0.700. The molecule has 1 amide bonds. The second-order valence-corrected chi connectivity index (χ2v) is 4.74. The third-order valence-corrected chi connectivity index (χ3v) is 3.31. The van der Waals surface area contributed by atoms with Crippen molar-refractivity contribution >= 4 is 11.9 Å². The quantitative estimate of drug-likeness (QED) is 0.694. The van der Waals surface area contributed by atoms with Crippen LogP contribution in [0.15, 0.2) is 12.5 Å². The Morgan fingerprint density at radius 1 is 1.56 bits per heavy atom. The highest BCUT2D eigenvalue weighted by Gasteiger charge is 2.25. The average Bonchev–Trinajstić information content (AvgIpc) is 2.75. The van der Waals surface area contributed by atoms with Crippen molar-refractivity contribution in [3.05, 3.63) is 18.2 Å². The Morgan fingerprint density at radius 3 is 2.83 bits per heavy atom. The van der Waals surface area contributed by atoms with Crippen LogP contribution in [0.3, 0.4) is 0 Å². The van der Waals surface area contributed by atoms with Crippen molar-refractivity contribution in [2.75, 3.05) is 0 Å². The van der Waals surface area contributed by atoms with E-state index in [2.05, 4.69) is 15.3 Å². The zero-order chi connectivity index (χ0) is 13.0. The van der Waals surface area contributed by atoms with Crippen LogP contribution in [0, 0.1) is 5.92 Å². The number of nitrogens with zero attached hydrogens (tertiary/aromatic N) is 1. The van der Waals surface area contributed by atoms with E-state index in [1.165, 1.54) is 12.7 Å². The summed E-state index contributed by atoms with van der Waals surface area (Å²) in [6.45, 7) is 0. The number of carboxylic acids is 1. The first-order chi connectivity index (χ1) is 8.65. The first kappa shape index (κ1) is 12.6. The molecule has 0 saturated heterocycles. The molecule has 0 aromatic carbocycles. The number of carbonyl (C=O) groups is 2. The number of H-pyrrole nitrogens is 1. The van der Waals surface area contributed by atoms with Gasteiger partial charge in [0.1, 0.15) is 6.04 Å². The maximum Gasteiger partial charge on any atom is 0.326 e. The van der Waals surface area contributed by atoms with E-state index in [9.17, 15) is 9.59 Å². The molecule has 1 fully saturated rings. The van der Waals surface area contributed by atoms with Gasteiger partial charge in [0.2, 0.25) is 5.91 Å². The third-order valence-electron chi connectivity index (χ3n) is 3.31. The molecule has 2 rings (SSSR count). The number of rotatable bonds is 6. The molecule has 1 saturated carbocycles. The van der Waals surface area contributed by atoms with Crippen molar-refractivity contribution < 1.29 is 14.7 Å². The van der Waals surface area contributed by atoms with Gasteiger partial charge in [-0.15, -0.1) is 0 Å². The van der Waals surface area contributed by atoms with Gasteiger partial charge in [0.25, 0.3) is 0 Å². The van der Waals surface area contributed by atoms with E-state index >= 15 is 0 Å². The van der Waals surface area contributed by atoms with Gasteiger partial charge in [0.05, 0.1) is 6.33 Å². The number of nitrogens with one attached hydrogen (secondary N) is 2. The summed E-state index contributed by atoms with van der Waals surface area (Å²) in [6.07, 6.45) is 7.04. The summed E-state index contributed by atoms with van der Waals surface area (Å²) in [6, 6.07) is -0.891. The summed E-state index contributed by atoms with van der Waals surface area (Å²) in [5, 5.41) is 11.6. The molecule has 3 N–H and O–H groups in total. The molecular formula is C12H17N3O3. The number of hydrogen-bond acceptors (Lipinski definition) is 3. The lowest BCUT2D eigenvalue weighted by molar-refractivity contribution is -0.142. The van der Waals surface area contributed by atoms with Crippen LogP contribution >= 0.6 is 0 Å². The Kier molecular flexibility index (Phi) is 3.96. The summed E-state index contributed by atoms with van der Waals surface area (Å²) >= 11 is 0. The third kappa shape index (κ3) is 3.32. The molecule has 0 bridgehead atoms. The standard InChI is InChI=1S/C12H17N3O3/c16-11(4-8-2-1-3-8)15-10(12(17)18)5-9-6-13-7-14-9/h6-8,10H,1-5H2,(H,13,14)(H,15,16)(H,17,18). The van der Waals surface area contributed by atoms with Gasteiger partial charge < -0.3 is 15.4 Å². The van der Waals surface area contributed by atoms with Crippen molar-refractivity contribution in [3.63, 3.8) is 0 Å². The van der Waals surface area contributed by atoms with Crippen molar-refractivity contribution in [2.45, 2.75) is 38.1 Å². The number of amides is 1. The van der Waals surface area contributed by atoms with Crippen LogP contribution in [0.5, 0.6) is 0 Å². The van der Waals surface area contributed by atoms with Crippen molar-refractivity contribution in [1.29, 1.82) is 0 Å². The number of aromatic amines is 1. The van der Waals surface area contributed by atoms with Gasteiger partial charge in [-0.1, -0.05) is 6.42 Å². The number of imidazole rings is 1. The van der Waals surface area contributed by atoms with Gasteiger partial charge in [-0.3, -0.25) is 4.79 Å². The smallest absolute Gasteiger partial charge is 0.326 e. The van der Waals surface area contributed by atoms with Gasteiger partial charge in [-0.05, 0) is 18.8 Å². The molecule has 6 nitrogen and oxygen atoms in total. The molecule has 1 unspecified atom stereocenters. The maximum absolute atomic E-state index is 11.7. The topological polar surface area (TPSA) is 95.1 Å². The van der Waals surface area contributed by atoms with E-state index in [0.29, 0.717) is 18.0 Å². The molecule has 1 aliphatic rings. The van der Waals surface area contributed by atoms with Crippen LogP contribution in [0.25, 0.3) is 0 Å². The molecule has 1 aliphatic carbocycles. The summed E-state index contributed by atoms with van der Waals surface area (Å²) in [4.78, 5) is 29.4. The second kappa shape index (κ2) is 5.66. The zero-order valence-corrected chi connectivity index (χ0v) is 10.1. The fraction of sp³-hybridized carbons (Fsp3) is 0.583. The van der Waals surface area contributed by atoms with Crippen molar-refractivity contribution in [2.24, 2.45) is 5.92 Å². The molecular weight excluding hydrogens is 234 g/mol. The maximum atomic E-state index is 11.7. The molecule has 1 atom stereocenters. The first-order valence-electron chi connectivity index (χ1n) is 6.14. The second-order valence-electron chi connectivity index (χ2n) is 4.74. The number of aliphatic carboxylic acids is 1. The Bertz CT molecular complexity index is 412. The number of hydrogen-bond donors (Lipinski definition) is 3. The van der Waals surface area contributed by atoms with Crippen LogP contribution in [0.1, 0.15) is 31.4 Å². The van der Waals surface area contributed by atoms with E-state index in [4.69, 9.17) is 5.11 Å². The van der Waals surface area contributed by atoms with Crippen LogP contribution in [0.4, 0.5) is 0 Å². The number of carbonyl (C=O) groups excluding carboxylic acids is 1.